The molecule has 0 radical (unpaired) electrons. The van der Waals surface area contributed by atoms with E-state index in [1.807, 2.05) is 10.6 Å². The van der Waals surface area contributed by atoms with Gasteiger partial charge in [-0.2, -0.15) is 5.26 Å². The largest absolute Gasteiger partial charge is 0.467 e. The second-order valence-electron chi connectivity index (χ2n) is 7.52. The van der Waals surface area contributed by atoms with E-state index >= 15 is 0 Å². The minimum absolute atomic E-state index is 0.106. The summed E-state index contributed by atoms with van der Waals surface area (Å²) in [6, 6.07) is 11.0. The molecule has 4 rings (SSSR count). The molecule has 1 unspecified atom stereocenters. The molecule has 0 spiro atoms. The Morgan fingerprint density at radius 3 is 2.84 bits per heavy atom. The van der Waals surface area contributed by atoms with Gasteiger partial charge in [0.1, 0.15) is 11.3 Å². The van der Waals surface area contributed by atoms with Crippen LogP contribution in [0.1, 0.15) is 25.5 Å². The predicted molar refractivity (Wildman–Crippen MR) is 119 cm³/mol. The van der Waals surface area contributed by atoms with Gasteiger partial charge in [0, 0.05) is 10.6 Å². The minimum Gasteiger partial charge on any atom is -0.467 e. The van der Waals surface area contributed by atoms with Gasteiger partial charge in [0.25, 0.3) is 0 Å². The molecule has 7 nitrogen and oxygen atoms in total. The van der Waals surface area contributed by atoms with Crippen LogP contribution < -0.4 is 5.32 Å². The van der Waals surface area contributed by atoms with E-state index in [9.17, 15) is 10.1 Å². The molecule has 31 heavy (non-hydrogen) atoms. The van der Waals surface area contributed by atoms with E-state index in [-0.39, 0.29) is 17.6 Å². The topological polar surface area (TPSA) is 96.7 Å². The predicted octanol–water partition coefficient (Wildman–Crippen LogP) is 4.79. The third-order valence-electron chi connectivity index (χ3n) is 5.14. The van der Waals surface area contributed by atoms with Crippen molar-refractivity contribution in [2.75, 3.05) is 5.75 Å². The smallest absolute Gasteiger partial charge is 0.231 e. The fraction of sp³-hybridized carbons (Fsp3) is 0.333. The molecule has 1 atom stereocenters. The summed E-state index contributed by atoms with van der Waals surface area (Å²) in [5.74, 6) is 1.35. The van der Waals surface area contributed by atoms with Gasteiger partial charge in [0.05, 0.1) is 29.7 Å². The van der Waals surface area contributed by atoms with Crippen LogP contribution in [0.25, 0.3) is 11.4 Å². The number of hydrogen-bond donors (Lipinski definition) is 1. The van der Waals surface area contributed by atoms with Gasteiger partial charge in [-0.25, -0.2) is 0 Å². The minimum atomic E-state index is -0.832. The van der Waals surface area contributed by atoms with Crippen molar-refractivity contribution in [3.05, 3.63) is 52.4 Å². The lowest BCUT2D eigenvalue weighted by atomic mass is 9.98. The van der Waals surface area contributed by atoms with Crippen molar-refractivity contribution in [3.63, 3.8) is 0 Å². The van der Waals surface area contributed by atoms with Crippen LogP contribution in [0.3, 0.4) is 0 Å². The second kappa shape index (κ2) is 8.95. The van der Waals surface area contributed by atoms with Crippen molar-refractivity contribution in [1.29, 1.82) is 5.26 Å². The van der Waals surface area contributed by atoms with Crippen LogP contribution in [-0.4, -0.2) is 32.0 Å². The highest BCUT2D eigenvalue weighted by molar-refractivity contribution is 7.99. The SMILES string of the molecule is CC(C#N)(NC(=O)CSc1nnc(-c2ccc(Cl)cc2Cl)n1Cc1ccco1)C1CC1. The maximum atomic E-state index is 12.5. The Hall–Kier alpha value is -2.47. The second-order valence-corrected chi connectivity index (χ2v) is 9.31. The molecule has 1 aliphatic carbocycles. The van der Waals surface area contributed by atoms with E-state index in [1.165, 1.54) is 11.8 Å². The maximum Gasteiger partial charge on any atom is 0.231 e. The Kier molecular flexibility index (Phi) is 6.28. The number of benzene rings is 1. The summed E-state index contributed by atoms with van der Waals surface area (Å²) in [6.45, 7) is 2.14. The molecular weight excluding hydrogens is 457 g/mol. The molecular formula is C21H19Cl2N5O2S. The summed E-state index contributed by atoms with van der Waals surface area (Å²) in [6.07, 6.45) is 3.51. The number of furan rings is 1. The molecule has 0 saturated heterocycles. The number of amides is 1. The average Bonchev–Trinajstić information content (AvgIpc) is 3.36. The van der Waals surface area contributed by atoms with Crippen molar-refractivity contribution in [1.82, 2.24) is 20.1 Å². The number of hydrogen-bond acceptors (Lipinski definition) is 6. The van der Waals surface area contributed by atoms with Gasteiger partial charge in [0.15, 0.2) is 11.0 Å². The zero-order chi connectivity index (χ0) is 22.0. The first kappa shape index (κ1) is 21.8. The van der Waals surface area contributed by atoms with Crippen LogP contribution >= 0.6 is 35.0 Å². The van der Waals surface area contributed by atoms with Crippen LogP contribution in [-0.2, 0) is 11.3 Å². The van der Waals surface area contributed by atoms with Crippen LogP contribution in [0.2, 0.25) is 10.0 Å². The molecule has 0 aliphatic heterocycles. The van der Waals surface area contributed by atoms with Crippen LogP contribution in [0.5, 0.6) is 0 Å². The first-order chi connectivity index (χ1) is 14.9. The number of halogens is 2. The summed E-state index contributed by atoms with van der Waals surface area (Å²) in [5.41, 5.74) is -0.159. The van der Waals surface area contributed by atoms with Gasteiger partial charge in [-0.3, -0.25) is 9.36 Å². The lowest BCUT2D eigenvalue weighted by molar-refractivity contribution is -0.119. The highest BCUT2D eigenvalue weighted by Crippen LogP contribution is 2.39. The van der Waals surface area contributed by atoms with Crippen LogP contribution in [0.4, 0.5) is 0 Å². The van der Waals surface area contributed by atoms with E-state index in [0.717, 1.165) is 12.8 Å². The molecule has 0 bridgehead atoms. The van der Waals surface area contributed by atoms with Gasteiger partial charge in [-0.1, -0.05) is 35.0 Å². The van der Waals surface area contributed by atoms with Crippen LogP contribution in [0, 0.1) is 17.2 Å². The number of carbonyl (C=O) groups is 1. The van der Waals surface area contributed by atoms with Crippen molar-refractivity contribution < 1.29 is 9.21 Å². The van der Waals surface area contributed by atoms with Crippen molar-refractivity contribution in [2.24, 2.45) is 5.92 Å². The number of carbonyl (C=O) groups excluding carboxylic acids is 1. The molecule has 10 heteroatoms. The van der Waals surface area contributed by atoms with E-state index < -0.39 is 5.54 Å². The summed E-state index contributed by atoms with van der Waals surface area (Å²) >= 11 is 13.7. The lowest BCUT2D eigenvalue weighted by Crippen LogP contribution is -2.47. The van der Waals surface area contributed by atoms with E-state index in [1.54, 1.807) is 37.5 Å². The number of nitriles is 1. The summed E-state index contributed by atoms with van der Waals surface area (Å²) < 4.78 is 7.33. The Labute approximate surface area is 193 Å². The molecule has 1 amide bonds. The fourth-order valence-electron chi connectivity index (χ4n) is 3.30. The summed E-state index contributed by atoms with van der Waals surface area (Å²) in [5, 5.41) is 22.4. The molecule has 1 aromatic carbocycles. The number of rotatable bonds is 8. The van der Waals surface area contributed by atoms with Gasteiger partial charge in [0.2, 0.25) is 5.91 Å². The summed E-state index contributed by atoms with van der Waals surface area (Å²) in [7, 11) is 0. The van der Waals surface area contributed by atoms with Crippen LogP contribution in [0.15, 0.2) is 46.2 Å². The lowest BCUT2D eigenvalue weighted by Gasteiger charge is -2.22. The quantitative estimate of drug-likeness (QED) is 0.470. The maximum absolute atomic E-state index is 12.5. The molecule has 2 heterocycles. The van der Waals surface area contributed by atoms with E-state index in [0.29, 0.717) is 38.9 Å². The van der Waals surface area contributed by atoms with E-state index in [4.69, 9.17) is 27.6 Å². The molecule has 3 aromatic rings. The van der Waals surface area contributed by atoms with Crippen molar-refractivity contribution in [3.8, 4) is 17.5 Å². The average molecular weight is 476 g/mol. The van der Waals surface area contributed by atoms with Gasteiger partial charge >= 0.3 is 0 Å². The fourth-order valence-corrected chi connectivity index (χ4v) is 4.54. The van der Waals surface area contributed by atoms with E-state index in [2.05, 4.69) is 21.6 Å². The zero-order valence-electron chi connectivity index (χ0n) is 16.6. The normalized spacial score (nSPS) is 15.3. The first-order valence-corrected chi connectivity index (χ1v) is 11.4. The Morgan fingerprint density at radius 1 is 1.39 bits per heavy atom. The highest BCUT2D eigenvalue weighted by Gasteiger charge is 2.43. The van der Waals surface area contributed by atoms with Crippen molar-refractivity contribution >= 4 is 40.9 Å². The molecule has 2 aromatic heterocycles. The third kappa shape index (κ3) is 4.90. The molecule has 160 valence electrons. The number of thioether (sulfide) groups is 1. The summed E-state index contributed by atoms with van der Waals surface area (Å²) in [4.78, 5) is 12.5. The molecule has 1 saturated carbocycles. The Balaban J connectivity index is 1.56. The first-order valence-electron chi connectivity index (χ1n) is 9.65. The Bertz CT molecular complexity index is 1140. The number of nitrogens with one attached hydrogen (secondary N) is 1. The highest BCUT2D eigenvalue weighted by atomic mass is 35.5. The molecule has 1 N–H and O–H groups in total. The standard InChI is InChI=1S/C21H19Cl2N5O2S/c1-21(12-24,13-4-5-13)25-18(29)11-31-20-27-26-19(16-7-6-14(22)9-17(16)23)28(20)10-15-3-2-8-30-15/h2-3,6-9,13H,4-5,10-11H2,1H3,(H,25,29). The molecule has 1 aliphatic rings. The zero-order valence-corrected chi connectivity index (χ0v) is 19.0. The molecule has 1 fully saturated rings. The van der Waals surface area contributed by atoms with Gasteiger partial charge in [-0.05, 0) is 56.0 Å². The number of nitrogens with zero attached hydrogens (tertiary/aromatic N) is 4. The monoisotopic (exact) mass is 475 g/mol. The number of aromatic nitrogens is 3. The van der Waals surface area contributed by atoms with Gasteiger partial charge in [-0.15, -0.1) is 10.2 Å². The van der Waals surface area contributed by atoms with Crippen molar-refractivity contribution in [2.45, 2.75) is 37.0 Å². The third-order valence-corrected chi connectivity index (χ3v) is 6.66. The van der Waals surface area contributed by atoms with Gasteiger partial charge < -0.3 is 9.73 Å². The Morgan fingerprint density at radius 2 is 2.19 bits per heavy atom.